The maximum Gasteiger partial charge on any atom is 0.305 e. The van der Waals surface area contributed by atoms with Crippen molar-refractivity contribution < 1.29 is 9.90 Å². The molecule has 0 saturated heterocycles. The monoisotopic (exact) mass is 173 g/mol. The predicted molar refractivity (Wildman–Crippen MR) is 49.2 cm³/mol. The lowest BCUT2D eigenvalue weighted by atomic mass is 9.96. The quantitative estimate of drug-likeness (QED) is 0.682. The van der Waals surface area contributed by atoms with Crippen LogP contribution in [0, 0.1) is 0 Å². The molecule has 12 heavy (non-hydrogen) atoms. The normalized spacial score (nSPS) is 13.1. The van der Waals surface area contributed by atoms with E-state index >= 15 is 0 Å². The van der Waals surface area contributed by atoms with E-state index in [1.54, 1.807) is 0 Å². The van der Waals surface area contributed by atoms with Crippen LogP contribution in [-0.4, -0.2) is 22.2 Å². The molecule has 0 aromatic rings. The second-order valence-electron chi connectivity index (χ2n) is 4.83. The average molecular weight is 173 g/mol. The van der Waals surface area contributed by atoms with Gasteiger partial charge in [-0.3, -0.25) is 4.79 Å². The van der Waals surface area contributed by atoms with Crippen molar-refractivity contribution in [2.24, 2.45) is 0 Å². The van der Waals surface area contributed by atoms with Gasteiger partial charge in [0.05, 0.1) is 6.42 Å². The maximum absolute atomic E-state index is 10.5. The zero-order chi connectivity index (χ0) is 9.99. The van der Waals surface area contributed by atoms with E-state index < -0.39 is 5.97 Å². The highest BCUT2D eigenvalue weighted by molar-refractivity contribution is 5.68. The van der Waals surface area contributed by atoms with Crippen LogP contribution in [-0.2, 0) is 4.79 Å². The number of aliphatic carboxylic acids is 1. The molecule has 0 aliphatic rings. The SMILES string of the molecule is CC(C)(C)NC(C)(C)CC(=O)O. The molecule has 0 spiro atoms. The Morgan fingerprint density at radius 1 is 1.25 bits per heavy atom. The molecule has 3 heteroatoms. The largest absolute Gasteiger partial charge is 0.481 e. The fraction of sp³-hybridized carbons (Fsp3) is 0.889. The summed E-state index contributed by atoms with van der Waals surface area (Å²) in [5.74, 6) is -0.767. The highest BCUT2D eigenvalue weighted by atomic mass is 16.4. The van der Waals surface area contributed by atoms with Crippen molar-refractivity contribution in [2.45, 2.75) is 52.1 Å². The molecule has 3 nitrogen and oxygen atoms in total. The first-order valence-electron chi connectivity index (χ1n) is 4.13. The fourth-order valence-corrected chi connectivity index (χ4v) is 1.44. The van der Waals surface area contributed by atoms with E-state index in [0.717, 1.165) is 0 Å². The third kappa shape index (κ3) is 6.16. The molecule has 2 N–H and O–H groups in total. The van der Waals surface area contributed by atoms with Crippen molar-refractivity contribution in [3.63, 3.8) is 0 Å². The van der Waals surface area contributed by atoms with E-state index in [2.05, 4.69) is 5.32 Å². The van der Waals surface area contributed by atoms with Gasteiger partial charge in [-0.25, -0.2) is 0 Å². The van der Waals surface area contributed by atoms with Crippen LogP contribution in [0.5, 0.6) is 0 Å². The van der Waals surface area contributed by atoms with E-state index in [1.807, 2.05) is 34.6 Å². The minimum absolute atomic E-state index is 0.0427. The number of carbonyl (C=O) groups is 1. The number of nitrogens with one attached hydrogen (secondary N) is 1. The molecule has 0 aliphatic carbocycles. The molecule has 0 atom stereocenters. The van der Waals surface area contributed by atoms with Crippen molar-refractivity contribution in [3.8, 4) is 0 Å². The Bertz CT molecular complexity index is 168. The van der Waals surface area contributed by atoms with E-state index in [0.29, 0.717) is 0 Å². The lowest BCUT2D eigenvalue weighted by Gasteiger charge is -2.33. The molecule has 72 valence electrons. The Kier molecular flexibility index (Phi) is 3.27. The second-order valence-corrected chi connectivity index (χ2v) is 4.83. The Labute approximate surface area is 74.2 Å². The zero-order valence-electron chi connectivity index (χ0n) is 8.56. The fourth-order valence-electron chi connectivity index (χ4n) is 1.44. The molecule has 0 amide bonds. The van der Waals surface area contributed by atoms with Crippen LogP contribution in [0.15, 0.2) is 0 Å². The van der Waals surface area contributed by atoms with Gasteiger partial charge in [0.15, 0.2) is 0 Å². The van der Waals surface area contributed by atoms with Gasteiger partial charge < -0.3 is 10.4 Å². The minimum Gasteiger partial charge on any atom is -0.481 e. The Hall–Kier alpha value is -0.570. The highest BCUT2D eigenvalue weighted by Crippen LogP contribution is 2.13. The molecule has 0 saturated carbocycles. The van der Waals surface area contributed by atoms with Gasteiger partial charge >= 0.3 is 5.97 Å². The molecule has 0 radical (unpaired) electrons. The zero-order valence-corrected chi connectivity index (χ0v) is 8.56. The van der Waals surface area contributed by atoms with Crippen LogP contribution in [0.2, 0.25) is 0 Å². The molecular weight excluding hydrogens is 154 g/mol. The smallest absolute Gasteiger partial charge is 0.305 e. The lowest BCUT2D eigenvalue weighted by molar-refractivity contribution is -0.138. The molecule has 0 bridgehead atoms. The number of rotatable bonds is 3. The average Bonchev–Trinajstić information content (AvgIpc) is 1.48. The van der Waals surface area contributed by atoms with Crippen molar-refractivity contribution >= 4 is 5.97 Å². The Balaban J connectivity index is 4.13. The molecule has 0 heterocycles. The molecule has 0 unspecified atom stereocenters. The summed E-state index contributed by atoms with van der Waals surface area (Å²) in [6.07, 6.45) is 0.143. The van der Waals surface area contributed by atoms with Crippen LogP contribution in [0.4, 0.5) is 0 Å². The van der Waals surface area contributed by atoms with Gasteiger partial charge in [0.25, 0.3) is 0 Å². The molecule has 0 aromatic carbocycles. The van der Waals surface area contributed by atoms with E-state index in [-0.39, 0.29) is 17.5 Å². The number of carboxylic acid groups (broad SMARTS) is 1. The Morgan fingerprint density at radius 2 is 1.67 bits per heavy atom. The van der Waals surface area contributed by atoms with Crippen LogP contribution < -0.4 is 5.32 Å². The van der Waals surface area contributed by atoms with Crippen LogP contribution >= 0.6 is 0 Å². The van der Waals surface area contributed by atoms with Crippen LogP contribution in [0.25, 0.3) is 0 Å². The topological polar surface area (TPSA) is 49.3 Å². The van der Waals surface area contributed by atoms with Gasteiger partial charge in [0.1, 0.15) is 0 Å². The van der Waals surface area contributed by atoms with Crippen LogP contribution in [0.1, 0.15) is 41.0 Å². The van der Waals surface area contributed by atoms with Crippen molar-refractivity contribution in [1.82, 2.24) is 5.32 Å². The maximum atomic E-state index is 10.5. The summed E-state index contributed by atoms with van der Waals surface area (Å²) in [6, 6.07) is 0. The summed E-state index contributed by atoms with van der Waals surface area (Å²) < 4.78 is 0. The van der Waals surface area contributed by atoms with E-state index in [9.17, 15) is 4.79 Å². The van der Waals surface area contributed by atoms with Gasteiger partial charge in [-0.15, -0.1) is 0 Å². The molecular formula is C9H19NO2. The van der Waals surface area contributed by atoms with E-state index in [4.69, 9.17) is 5.11 Å². The first kappa shape index (κ1) is 11.4. The number of hydrogen-bond acceptors (Lipinski definition) is 2. The first-order valence-corrected chi connectivity index (χ1v) is 4.13. The van der Waals surface area contributed by atoms with Gasteiger partial charge in [-0.05, 0) is 34.6 Å². The standard InChI is InChI=1S/C9H19NO2/c1-8(2,3)10-9(4,5)6-7(11)12/h10H,6H2,1-5H3,(H,11,12). The van der Waals surface area contributed by atoms with Crippen molar-refractivity contribution in [3.05, 3.63) is 0 Å². The highest BCUT2D eigenvalue weighted by Gasteiger charge is 2.26. The third-order valence-electron chi connectivity index (χ3n) is 1.31. The van der Waals surface area contributed by atoms with Gasteiger partial charge in [-0.2, -0.15) is 0 Å². The molecule has 0 fully saturated rings. The molecule has 0 rings (SSSR count). The summed E-state index contributed by atoms with van der Waals surface area (Å²) in [5, 5.41) is 11.9. The van der Waals surface area contributed by atoms with Crippen LogP contribution in [0.3, 0.4) is 0 Å². The summed E-state index contributed by atoms with van der Waals surface area (Å²) in [4.78, 5) is 10.5. The third-order valence-corrected chi connectivity index (χ3v) is 1.31. The molecule has 0 aliphatic heterocycles. The summed E-state index contributed by atoms with van der Waals surface area (Å²) in [5.41, 5.74) is -0.386. The summed E-state index contributed by atoms with van der Waals surface area (Å²) >= 11 is 0. The lowest BCUT2D eigenvalue weighted by Crippen LogP contribution is -2.51. The van der Waals surface area contributed by atoms with Crippen molar-refractivity contribution in [1.29, 1.82) is 0 Å². The summed E-state index contributed by atoms with van der Waals surface area (Å²) in [7, 11) is 0. The number of hydrogen-bond donors (Lipinski definition) is 2. The van der Waals surface area contributed by atoms with Gasteiger partial charge in [0, 0.05) is 11.1 Å². The van der Waals surface area contributed by atoms with Crippen molar-refractivity contribution in [2.75, 3.05) is 0 Å². The van der Waals surface area contributed by atoms with E-state index in [1.165, 1.54) is 0 Å². The van der Waals surface area contributed by atoms with Gasteiger partial charge in [-0.1, -0.05) is 0 Å². The number of carboxylic acids is 1. The Morgan fingerprint density at radius 3 is 1.92 bits per heavy atom. The predicted octanol–water partition coefficient (Wildman–Crippen LogP) is 1.63. The first-order chi connectivity index (χ1) is 5.12. The molecule has 0 aromatic heterocycles. The minimum atomic E-state index is -0.767. The summed E-state index contributed by atoms with van der Waals surface area (Å²) in [6.45, 7) is 9.86. The second kappa shape index (κ2) is 3.44. The van der Waals surface area contributed by atoms with Gasteiger partial charge in [0.2, 0.25) is 0 Å².